The molecule has 0 radical (unpaired) electrons. The van der Waals surface area contributed by atoms with Crippen molar-refractivity contribution in [3.05, 3.63) is 36.4 Å². The lowest BCUT2D eigenvalue weighted by Crippen LogP contribution is -2.13. The minimum absolute atomic E-state index is 0.257. The molecular weight excluding hydrogens is 192 g/mol. The van der Waals surface area contributed by atoms with E-state index in [9.17, 15) is 5.11 Å². The number of methoxy groups -OCH3 is 1. The largest absolute Gasteiger partial charge is 0.508 e. The van der Waals surface area contributed by atoms with Crippen molar-refractivity contribution in [1.29, 1.82) is 0 Å². The van der Waals surface area contributed by atoms with Crippen LogP contribution in [0.4, 0.5) is 0 Å². The number of phenols is 1. The number of aromatic hydroxyl groups is 1. The van der Waals surface area contributed by atoms with Crippen LogP contribution in [-0.2, 0) is 11.2 Å². The zero-order valence-corrected chi connectivity index (χ0v) is 9.06. The summed E-state index contributed by atoms with van der Waals surface area (Å²) in [7, 11) is 1.58. The maximum Gasteiger partial charge on any atom is 0.196 e. The predicted octanol–water partition coefficient (Wildman–Crippen LogP) is 2.49. The fourth-order valence-corrected chi connectivity index (χ4v) is 1.19. The van der Waals surface area contributed by atoms with E-state index in [1.165, 1.54) is 0 Å². The highest BCUT2D eigenvalue weighted by molar-refractivity contribution is 5.40. The highest BCUT2D eigenvalue weighted by Crippen LogP contribution is 2.24. The van der Waals surface area contributed by atoms with Gasteiger partial charge in [0, 0.05) is 12.7 Å². The Morgan fingerprint density at radius 2 is 2.27 bits per heavy atom. The monoisotopic (exact) mass is 208 g/mol. The van der Waals surface area contributed by atoms with E-state index in [4.69, 9.17) is 9.47 Å². The Balaban J connectivity index is 2.82. The Hall–Kier alpha value is -1.48. The number of ether oxygens (including phenoxy) is 2. The zero-order valence-electron chi connectivity index (χ0n) is 9.06. The topological polar surface area (TPSA) is 38.7 Å². The lowest BCUT2D eigenvalue weighted by Gasteiger charge is -2.13. The molecule has 1 N–H and O–H groups in total. The standard InChI is InChI=1S/C12H16O3/c1-4-5-10-8-11(6-7-12(10)13)15-9(2)14-3/h4,6-9,13H,1,5H2,2-3H3. The van der Waals surface area contributed by atoms with Gasteiger partial charge in [-0.3, -0.25) is 0 Å². The fourth-order valence-electron chi connectivity index (χ4n) is 1.19. The maximum atomic E-state index is 9.52. The first-order valence-electron chi connectivity index (χ1n) is 4.79. The van der Waals surface area contributed by atoms with Gasteiger partial charge in [0.15, 0.2) is 6.29 Å². The van der Waals surface area contributed by atoms with Crippen molar-refractivity contribution in [2.24, 2.45) is 0 Å². The second kappa shape index (κ2) is 5.41. The van der Waals surface area contributed by atoms with Crippen LogP contribution >= 0.6 is 0 Å². The molecule has 0 aliphatic rings. The molecule has 0 spiro atoms. The first-order chi connectivity index (χ1) is 7.17. The van der Waals surface area contributed by atoms with Crippen molar-refractivity contribution in [2.75, 3.05) is 7.11 Å². The quantitative estimate of drug-likeness (QED) is 0.597. The van der Waals surface area contributed by atoms with Gasteiger partial charge in [-0.25, -0.2) is 0 Å². The van der Waals surface area contributed by atoms with E-state index in [0.717, 1.165) is 5.56 Å². The van der Waals surface area contributed by atoms with Crippen LogP contribution in [-0.4, -0.2) is 18.5 Å². The van der Waals surface area contributed by atoms with Crippen molar-refractivity contribution in [2.45, 2.75) is 19.6 Å². The minimum atomic E-state index is -0.300. The van der Waals surface area contributed by atoms with Gasteiger partial charge in [0.05, 0.1) is 0 Å². The zero-order chi connectivity index (χ0) is 11.3. The van der Waals surface area contributed by atoms with E-state index in [1.54, 1.807) is 38.3 Å². The predicted molar refractivity (Wildman–Crippen MR) is 59.1 cm³/mol. The third-order valence-corrected chi connectivity index (χ3v) is 2.05. The molecule has 3 heteroatoms. The van der Waals surface area contributed by atoms with Crippen LogP contribution in [0.1, 0.15) is 12.5 Å². The number of hydrogen-bond donors (Lipinski definition) is 1. The van der Waals surface area contributed by atoms with Crippen LogP contribution in [0.3, 0.4) is 0 Å². The van der Waals surface area contributed by atoms with Crippen molar-refractivity contribution >= 4 is 0 Å². The molecule has 1 aromatic rings. The van der Waals surface area contributed by atoms with Crippen molar-refractivity contribution in [3.8, 4) is 11.5 Å². The highest BCUT2D eigenvalue weighted by atomic mass is 16.7. The molecule has 0 fully saturated rings. The van der Waals surface area contributed by atoms with Gasteiger partial charge in [-0.1, -0.05) is 6.08 Å². The molecule has 0 heterocycles. The summed E-state index contributed by atoms with van der Waals surface area (Å²) in [4.78, 5) is 0. The Kier molecular flexibility index (Phi) is 4.18. The molecule has 82 valence electrons. The molecule has 0 saturated heterocycles. The molecule has 0 aliphatic carbocycles. The van der Waals surface area contributed by atoms with Crippen LogP contribution in [0, 0.1) is 0 Å². The number of benzene rings is 1. The van der Waals surface area contributed by atoms with Crippen LogP contribution in [0.25, 0.3) is 0 Å². The molecule has 3 nitrogen and oxygen atoms in total. The molecule has 1 rings (SSSR count). The molecule has 0 bridgehead atoms. The number of rotatable bonds is 5. The minimum Gasteiger partial charge on any atom is -0.508 e. The molecule has 0 aromatic heterocycles. The van der Waals surface area contributed by atoms with Gasteiger partial charge in [0.2, 0.25) is 0 Å². The first-order valence-corrected chi connectivity index (χ1v) is 4.79. The van der Waals surface area contributed by atoms with Crippen LogP contribution in [0.15, 0.2) is 30.9 Å². The summed E-state index contributed by atoms with van der Waals surface area (Å²) in [5.74, 6) is 0.936. The fraction of sp³-hybridized carbons (Fsp3) is 0.333. The molecule has 1 atom stereocenters. The van der Waals surface area contributed by atoms with E-state index >= 15 is 0 Å². The lowest BCUT2D eigenvalue weighted by molar-refractivity contribution is -0.0383. The summed E-state index contributed by atoms with van der Waals surface area (Å²) in [5.41, 5.74) is 0.797. The van der Waals surface area contributed by atoms with E-state index < -0.39 is 0 Å². The summed E-state index contributed by atoms with van der Waals surface area (Å²) in [6, 6.07) is 5.10. The molecule has 1 aromatic carbocycles. The van der Waals surface area contributed by atoms with Gasteiger partial charge in [0.1, 0.15) is 11.5 Å². The van der Waals surface area contributed by atoms with Gasteiger partial charge >= 0.3 is 0 Å². The molecular formula is C12H16O3. The molecule has 1 unspecified atom stereocenters. The Labute approximate surface area is 90.0 Å². The first kappa shape index (κ1) is 11.6. The maximum absolute atomic E-state index is 9.52. The summed E-state index contributed by atoms with van der Waals surface area (Å²) < 4.78 is 10.4. The third kappa shape index (κ3) is 3.29. The summed E-state index contributed by atoms with van der Waals surface area (Å²) in [5, 5.41) is 9.52. The van der Waals surface area contributed by atoms with Crippen LogP contribution in [0.5, 0.6) is 11.5 Å². The Morgan fingerprint density at radius 1 is 1.53 bits per heavy atom. The number of hydrogen-bond acceptors (Lipinski definition) is 3. The van der Waals surface area contributed by atoms with Gasteiger partial charge in [-0.2, -0.15) is 0 Å². The second-order valence-electron chi connectivity index (χ2n) is 3.20. The van der Waals surface area contributed by atoms with Crippen molar-refractivity contribution in [1.82, 2.24) is 0 Å². The van der Waals surface area contributed by atoms with Gasteiger partial charge in [-0.05, 0) is 31.5 Å². The van der Waals surface area contributed by atoms with E-state index in [2.05, 4.69) is 6.58 Å². The van der Waals surface area contributed by atoms with E-state index in [-0.39, 0.29) is 12.0 Å². The molecule has 0 amide bonds. The summed E-state index contributed by atoms with van der Waals surface area (Å²) >= 11 is 0. The van der Waals surface area contributed by atoms with Gasteiger partial charge in [0.25, 0.3) is 0 Å². The highest BCUT2D eigenvalue weighted by Gasteiger charge is 2.05. The van der Waals surface area contributed by atoms with E-state index in [0.29, 0.717) is 12.2 Å². The second-order valence-corrected chi connectivity index (χ2v) is 3.20. The van der Waals surface area contributed by atoms with Crippen molar-refractivity contribution in [3.63, 3.8) is 0 Å². The summed E-state index contributed by atoms with van der Waals surface area (Å²) in [6.45, 7) is 5.43. The average Bonchev–Trinajstić information content (AvgIpc) is 2.23. The Bertz CT molecular complexity index is 334. The average molecular weight is 208 g/mol. The number of phenolic OH excluding ortho intramolecular Hbond substituents is 1. The molecule has 0 saturated carbocycles. The van der Waals surface area contributed by atoms with Crippen molar-refractivity contribution < 1.29 is 14.6 Å². The molecule has 15 heavy (non-hydrogen) atoms. The van der Waals surface area contributed by atoms with Crippen LogP contribution in [0.2, 0.25) is 0 Å². The Morgan fingerprint density at radius 3 is 2.87 bits per heavy atom. The normalized spacial score (nSPS) is 12.1. The molecule has 0 aliphatic heterocycles. The van der Waals surface area contributed by atoms with E-state index in [1.807, 2.05) is 0 Å². The number of allylic oxidation sites excluding steroid dienone is 1. The smallest absolute Gasteiger partial charge is 0.196 e. The van der Waals surface area contributed by atoms with Gasteiger partial charge in [-0.15, -0.1) is 6.58 Å². The SMILES string of the molecule is C=CCc1cc(OC(C)OC)ccc1O. The van der Waals surface area contributed by atoms with Gasteiger partial charge < -0.3 is 14.6 Å². The third-order valence-electron chi connectivity index (χ3n) is 2.05. The summed E-state index contributed by atoms with van der Waals surface area (Å²) in [6.07, 6.45) is 2.05. The lowest BCUT2D eigenvalue weighted by atomic mass is 10.1. The van der Waals surface area contributed by atoms with Crippen LogP contribution < -0.4 is 4.74 Å².